The van der Waals surface area contributed by atoms with Crippen LogP contribution >= 0.6 is 0 Å². The highest BCUT2D eigenvalue weighted by atomic mass is 16.6. The molecule has 2 heterocycles. The number of carbonyl (C=O) groups excluding carboxylic acids is 1. The minimum Gasteiger partial charge on any atom is -0.455 e. The minimum atomic E-state index is -1.19. The molecule has 1 N–H and O–H groups in total. The van der Waals surface area contributed by atoms with E-state index < -0.39 is 41.3 Å². The maximum atomic E-state index is 12.7. The summed E-state index contributed by atoms with van der Waals surface area (Å²) in [5.41, 5.74) is -1.27. The molecule has 4 unspecified atom stereocenters. The van der Waals surface area contributed by atoms with E-state index in [1.165, 1.54) is 6.92 Å². The van der Waals surface area contributed by atoms with E-state index >= 15 is 0 Å². The summed E-state index contributed by atoms with van der Waals surface area (Å²) >= 11 is 0. The van der Waals surface area contributed by atoms with E-state index in [0.717, 1.165) is 21.9 Å². The lowest BCUT2D eigenvalue weighted by Gasteiger charge is -2.31. The van der Waals surface area contributed by atoms with Crippen molar-refractivity contribution in [2.45, 2.75) is 51.1 Å². The van der Waals surface area contributed by atoms with Crippen molar-refractivity contribution in [3.63, 3.8) is 0 Å². The normalized spacial score (nSPS) is 22.9. The molecule has 37 heavy (non-hydrogen) atoms. The lowest BCUT2D eigenvalue weighted by Crippen LogP contribution is -2.47. The number of rotatable bonds is 9. The second-order valence-corrected chi connectivity index (χ2v) is 8.91. The number of aromatic nitrogens is 2. The Hall–Kier alpha value is -4.04. The van der Waals surface area contributed by atoms with Crippen molar-refractivity contribution in [1.82, 2.24) is 9.55 Å². The third kappa shape index (κ3) is 6.03. The van der Waals surface area contributed by atoms with Crippen molar-refractivity contribution in [2.75, 3.05) is 6.61 Å². The molecular formula is C27H27N3O7. The topological polar surface area (TPSA) is 133 Å². The smallest absolute Gasteiger partial charge is 0.330 e. The van der Waals surface area contributed by atoms with Gasteiger partial charge < -0.3 is 18.9 Å². The van der Waals surface area contributed by atoms with Crippen LogP contribution in [-0.4, -0.2) is 39.9 Å². The fourth-order valence-corrected chi connectivity index (χ4v) is 4.28. The van der Waals surface area contributed by atoms with Gasteiger partial charge in [0.2, 0.25) is 0 Å². The van der Waals surface area contributed by atoms with E-state index in [9.17, 15) is 19.6 Å². The molecule has 0 amide bonds. The lowest BCUT2D eigenvalue weighted by molar-refractivity contribution is -0.159. The number of H-pyrrole nitrogens is 1. The Balaban J connectivity index is 1.68. The van der Waals surface area contributed by atoms with Crippen LogP contribution in [0.3, 0.4) is 0 Å². The number of aromatic amines is 1. The number of nitrogens with zero attached hydrogens (tertiary/aromatic N) is 2. The molecule has 1 aliphatic heterocycles. The second-order valence-electron chi connectivity index (χ2n) is 8.91. The SMILES string of the molecule is CC(=O)OC1C(n2cc(C#N)c(=O)[nH]c2=O)OC(C)(COCc2ccccc2)C1OCc1ccccc1. The van der Waals surface area contributed by atoms with Crippen LogP contribution in [0.5, 0.6) is 0 Å². The molecule has 1 saturated heterocycles. The van der Waals surface area contributed by atoms with Crippen molar-refractivity contribution in [3.05, 3.63) is 104 Å². The Kier molecular flexibility index (Phi) is 7.98. The van der Waals surface area contributed by atoms with Gasteiger partial charge in [-0.05, 0) is 18.1 Å². The predicted molar refractivity (Wildman–Crippen MR) is 131 cm³/mol. The fraction of sp³-hybridized carbons (Fsp3) is 0.333. The van der Waals surface area contributed by atoms with Gasteiger partial charge >= 0.3 is 11.7 Å². The Labute approximate surface area is 213 Å². The molecule has 4 atom stereocenters. The van der Waals surface area contributed by atoms with Crippen LogP contribution in [0.15, 0.2) is 76.4 Å². The van der Waals surface area contributed by atoms with Crippen LogP contribution in [0.4, 0.5) is 0 Å². The Morgan fingerprint density at radius 3 is 2.30 bits per heavy atom. The number of hydrogen-bond donors (Lipinski definition) is 1. The Bertz CT molecular complexity index is 1380. The van der Waals surface area contributed by atoms with Crippen LogP contribution < -0.4 is 11.2 Å². The summed E-state index contributed by atoms with van der Waals surface area (Å²) in [6.07, 6.45) is -2.04. The highest BCUT2D eigenvalue weighted by Crippen LogP contribution is 2.41. The van der Waals surface area contributed by atoms with Crippen LogP contribution in [0.2, 0.25) is 0 Å². The average molecular weight is 506 g/mol. The van der Waals surface area contributed by atoms with Gasteiger partial charge in [0, 0.05) is 13.1 Å². The summed E-state index contributed by atoms with van der Waals surface area (Å²) in [5.74, 6) is -0.612. The largest absolute Gasteiger partial charge is 0.455 e. The molecule has 0 aliphatic carbocycles. The van der Waals surface area contributed by atoms with Gasteiger partial charge in [-0.25, -0.2) is 4.79 Å². The molecule has 0 saturated carbocycles. The van der Waals surface area contributed by atoms with E-state index in [-0.39, 0.29) is 18.8 Å². The second kappa shape index (κ2) is 11.3. The number of ether oxygens (including phenoxy) is 4. The minimum absolute atomic E-state index is 0.0405. The average Bonchev–Trinajstić information content (AvgIpc) is 3.14. The third-order valence-electron chi connectivity index (χ3n) is 6.01. The van der Waals surface area contributed by atoms with Crippen molar-refractivity contribution < 1.29 is 23.7 Å². The first-order chi connectivity index (χ1) is 17.8. The van der Waals surface area contributed by atoms with Crippen LogP contribution in [-0.2, 0) is 37.0 Å². The van der Waals surface area contributed by atoms with Gasteiger partial charge in [-0.3, -0.25) is 19.1 Å². The maximum Gasteiger partial charge on any atom is 0.330 e. The molecule has 1 aliphatic rings. The van der Waals surface area contributed by atoms with Gasteiger partial charge in [-0.15, -0.1) is 0 Å². The van der Waals surface area contributed by atoms with Gasteiger partial charge in [0.25, 0.3) is 5.56 Å². The molecular weight excluding hydrogens is 478 g/mol. The highest BCUT2D eigenvalue weighted by molar-refractivity contribution is 5.66. The summed E-state index contributed by atoms with van der Waals surface area (Å²) in [5, 5.41) is 9.32. The number of carbonyl (C=O) groups is 1. The maximum absolute atomic E-state index is 12.7. The first-order valence-electron chi connectivity index (χ1n) is 11.7. The van der Waals surface area contributed by atoms with Gasteiger partial charge in [0.05, 0.1) is 19.8 Å². The third-order valence-corrected chi connectivity index (χ3v) is 6.01. The fourth-order valence-electron chi connectivity index (χ4n) is 4.28. The molecule has 0 spiro atoms. The monoisotopic (exact) mass is 505 g/mol. The molecule has 10 heteroatoms. The first kappa shape index (κ1) is 26.0. The molecule has 10 nitrogen and oxygen atoms in total. The van der Waals surface area contributed by atoms with E-state index in [1.807, 2.05) is 60.7 Å². The number of esters is 1. The summed E-state index contributed by atoms with van der Waals surface area (Å²) in [6, 6.07) is 20.7. The van der Waals surface area contributed by atoms with E-state index in [2.05, 4.69) is 4.98 Å². The number of nitrogens with one attached hydrogen (secondary N) is 1. The van der Waals surface area contributed by atoms with Crippen LogP contribution in [0, 0.1) is 11.3 Å². The molecule has 3 aromatic rings. The van der Waals surface area contributed by atoms with Crippen molar-refractivity contribution >= 4 is 5.97 Å². The predicted octanol–water partition coefficient (Wildman–Crippen LogP) is 2.43. The van der Waals surface area contributed by atoms with Crippen LogP contribution in [0.25, 0.3) is 0 Å². The van der Waals surface area contributed by atoms with Crippen LogP contribution in [0.1, 0.15) is 36.8 Å². The molecule has 1 aromatic heterocycles. The van der Waals surface area contributed by atoms with Gasteiger partial charge in [0.1, 0.15) is 23.3 Å². The molecule has 192 valence electrons. The first-order valence-corrected chi connectivity index (χ1v) is 11.7. The zero-order chi connectivity index (χ0) is 26.4. The number of nitriles is 1. The summed E-state index contributed by atoms with van der Waals surface area (Å²) in [4.78, 5) is 38.9. The number of benzene rings is 2. The van der Waals surface area contributed by atoms with Crippen molar-refractivity contribution in [2.24, 2.45) is 0 Å². The highest BCUT2D eigenvalue weighted by Gasteiger charge is 2.56. The summed E-state index contributed by atoms with van der Waals surface area (Å²) in [6.45, 7) is 3.50. The molecule has 1 fully saturated rings. The Morgan fingerprint density at radius 1 is 1.08 bits per heavy atom. The quantitative estimate of drug-likeness (QED) is 0.439. The van der Waals surface area contributed by atoms with Crippen molar-refractivity contribution in [3.8, 4) is 6.07 Å². The molecule has 0 bridgehead atoms. The van der Waals surface area contributed by atoms with E-state index in [4.69, 9.17) is 18.9 Å². The van der Waals surface area contributed by atoms with E-state index in [0.29, 0.717) is 6.61 Å². The lowest BCUT2D eigenvalue weighted by atomic mass is 9.97. The molecule has 4 rings (SSSR count). The molecule has 0 radical (unpaired) electrons. The zero-order valence-electron chi connectivity index (χ0n) is 20.5. The van der Waals surface area contributed by atoms with Gasteiger partial charge in [-0.2, -0.15) is 5.26 Å². The standard InChI is InChI=1S/C27H27N3O7/c1-18(31)36-22-23(35-16-20-11-7-4-8-12-20)27(2,17-34-15-19-9-5-3-6-10-19)37-25(22)30-14-21(13-28)24(32)29-26(30)33/h3-12,14,22-23,25H,15-17H2,1-2H3,(H,29,32,33). The molecule has 2 aromatic carbocycles. The van der Waals surface area contributed by atoms with E-state index in [1.54, 1.807) is 13.0 Å². The summed E-state index contributed by atoms with van der Waals surface area (Å²) in [7, 11) is 0. The Morgan fingerprint density at radius 2 is 1.70 bits per heavy atom. The number of hydrogen-bond acceptors (Lipinski definition) is 8. The van der Waals surface area contributed by atoms with Gasteiger partial charge in [-0.1, -0.05) is 60.7 Å². The van der Waals surface area contributed by atoms with Crippen molar-refractivity contribution in [1.29, 1.82) is 5.26 Å². The zero-order valence-corrected chi connectivity index (χ0v) is 20.5. The summed E-state index contributed by atoms with van der Waals surface area (Å²) < 4.78 is 25.2. The van der Waals surface area contributed by atoms with Gasteiger partial charge in [0.15, 0.2) is 12.3 Å².